The number of carbonyl (C=O) groups is 3. The number of ether oxygens (including phenoxy) is 1. The van der Waals surface area contributed by atoms with Crippen molar-refractivity contribution in [3.63, 3.8) is 0 Å². The molecular weight excluding hydrogens is 396 g/mol. The predicted molar refractivity (Wildman–Crippen MR) is 116 cm³/mol. The molecule has 7 heteroatoms. The Morgan fingerprint density at radius 1 is 0.968 bits per heavy atom. The van der Waals surface area contributed by atoms with Crippen LogP contribution in [0.2, 0.25) is 0 Å². The number of hydrogen-bond acceptors (Lipinski definition) is 5. The highest BCUT2D eigenvalue weighted by Gasteiger charge is 2.15. The summed E-state index contributed by atoms with van der Waals surface area (Å²) in [5, 5.41) is 5.35. The third-order valence-corrected chi connectivity index (χ3v) is 4.73. The molecule has 0 fully saturated rings. The molecule has 0 saturated carbocycles. The molecule has 0 atom stereocenters. The Labute approximate surface area is 180 Å². The highest BCUT2D eigenvalue weighted by Crippen LogP contribution is 2.15. The maximum atomic E-state index is 12.5. The van der Waals surface area contributed by atoms with Gasteiger partial charge in [-0.2, -0.15) is 0 Å². The van der Waals surface area contributed by atoms with Crippen LogP contribution in [0.15, 0.2) is 65.3 Å². The fourth-order valence-corrected chi connectivity index (χ4v) is 2.93. The topological polar surface area (TPSA) is 97.6 Å². The van der Waals surface area contributed by atoms with E-state index < -0.39 is 18.5 Å². The lowest BCUT2D eigenvalue weighted by molar-refractivity contribution is -0.146. The summed E-state index contributed by atoms with van der Waals surface area (Å²) in [5.74, 6) is -0.771. The first kappa shape index (κ1) is 21.8. The number of aryl methyl sites for hydroxylation is 2. The third kappa shape index (κ3) is 6.30. The second-order valence-electron chi connectivity index (χ2n) is 7.11. The van der Waals surface area contributed by atoms with Gasteiger partial charge in [0, 0.05) is 0 Å². The maximum Gasteiger partial charge on any atom is 0.310 e. The number of para-hydroxylation sites is 1. The summed E-state index contributed by atoms with van der Waals surface area (Å²) in [6, 6.07) is 15.8. The molecular formula is C24H24N2O5. The first-order valence-corrected chi connectivity index (χ1v) is 9.83. The van der Waals surface area contributed by atoms with Crippen molar-refractivity contribution in [1.29, 1.82) is 0 Å². The lowest BCUT2D eigenvalue weighted by Gasteiger charge is -2.11. The Morgan fingerprint density at radius 3 is 2.52 bits per heavy atom. The Morgan fingerprint density at radius 2 is 1.77 bits per heavy atom. The molecule has 0 bridgehead atoms. The fourth-order valence-electron chi connectivity index (χ4n) is 2.93. The van der Waals surface area contributed by atoms with Crippen LogP contribution in [0.5, 0.6) is 0 Å². The van der Waals surface area contributed by atoms with Crippen molar-refractivity contribution >= 4 is 23.5 Å². The van der Waals surface area contributed by atoms with E-state index in [0.717, 1.165) is 16.7 Å². The van der Waals surface area contributed by atoms with Crippen LogP contribution in [-0.4, -0.2) is 24.4 Å². The van der Waals surface area contributed by atoms with E-state index in [2.05, 4.69) is 10.6 Å². The number of carbonyl (C=O) groups excluding carboxylic acids is 3. The van der Waals surface area contributed by atoms with Gasteiger partial charge in [0.05, 0.1) is 30.5 Å². The molecule has 2 aromatic carbocycles. The van der Waals surface area contributed by atoms with E-state index in [0.29, 0.717) is 17.0 Å². The van der Waals surface area contributed by atoms with Crippen LogP contribution in [0, 0.1) is 13.8 Å². The van der Waals surface area contributed by atoms with E-state index in [1.165, 1.54) is 6.26 Å². The Balaban J connectivity index is 1.52. The van der Waals surface area contributed by atoms with Crippen molar-refractivity contribution in [2.24, 2.45) is 0 Å². The highest BCUT2D eigenvalue weighted by atomic mass is 16.5. The van der Waals surface area contributed by atoms with Crippen molar-refractivity contribution in [1.82, 2.24) is 5.32 Å². The second kappa shape index (κ2) is 10.2. The van der Waals surface area contributed by atoms with Crippen molar-refractivity contribution in [3.8, 4) is 0 Å². The quantitative estimate of drug-likeness (QED) is 0.543. The summed E-state index contributed by atoms with van der Waals surface area (Å²) >= 11 is 0. The number of nitrogens with one attached hydrogen (secondary N) is 2. The molecule has 2 N–H and O–H groups in total. The molecule has 0 unspecified atom stereocenters. The number of benzene rings is 2. The summed E-state index contributed by atoms with van der Waals surface area (Å²) in [7, 11) is 0. The number of furan rings is 1. The zero-order valence-corrected chi connectivity index (χ0v) is 17.4. The molecule has 7 nitrogen and oxygen atoms in total. The molecule has 0 saturated heterocycles. The Kier molecular flexibility index (Phi) is 7.22. The van der Waals surface area contributed by atoms with E-state index in [1.54, 1.807) is 36.4 Å². The molecule has 0 aliphatic carbocycles. The van der Waals surface area contributed by atoms with E-state index in [4.69, 9.17) is 9.15 Å². The van der Waals surface area contributed by atoms with Crippen LogP contribution in [-0.2, 0) is 27.3 Å². The van der Waals surface area contributed by atoms with E-state index in [9.17, 15) is 14.4 Å². The average Bonchev–Trinajstić information content (AvgIpc) is 3.27. The SMILES string of the molecule is Cc1ccc(CC(=O)OCC(=O)Nc2ccccc2C(=O)NCc2ccco2)cc1C. The number of rotatable bonds is 8. The van der Waals surface area contributed by atoms with E-state index in [1.807, 2.05) is 32.0 Å². The van der Waals surface area contributed by atoms with Crippen LogP contribution in [0.4, 0.5) is 5.69 Å². The average molecular weight is 420 g/mol. The molecule has 0 radical (unpaired) electrons. The highest BCUT2D eigenvalue weighted by molar-refractivity contribution is 6.04. The van der Waals surface area contributed by atoms with E-state index in [-0.39, 0.29) is 18.9 Å². The van der Waals surface area contributed by atoms with Gasteiger partial charge in [-0.25, -0.2) is 0 Å². The van der Waals surface area contributed by atoms with Crippen molar-refractivity contribution in [2.75, 3.05) is 11.9 Å². The van der Waals surface area contributed by atoms with Crippen LogP contribution in [0.3, 0.4) is 0 Å². The summed E-state index contributed by atoms with van der Waals surface area (Å²) in [6.45, 7) is 3.76. The van der Waals surface area contributed by atoms with Gasteiger partial charge < -0.3 is 19.8 Å². The molecule has 0 aliphatic heterocycles. The monoisotopic (exact) mass is 420 g/mol. The first-order chi connectivity index (χ1) is 14.9. The minimum absolute atomic E-state index is 0.0835. The lowest BCUT2D eigenvalue weighted by Crippen LogP contribution is -2.26. The first-order valence-electron chi connectivity index (χ1n) is 9.83. The van der Waals surface area contributed by atoms with Gasteiger partial charge in [0.25, 0.3) is 11.8 Å². The zero-order chi connectivity index (χ0) is 22.2. The minimum atomic E-state index is -0.528. The smallest absolute Gasteiger partial charge is 0.310 e. The predicted octanol–water partition coefficient (Wildman–Crippen LogP) is 3.55. The molecule has 0 spiro atoms. The normalized spacial score (nSPS) is 10.4. The van der Waals surface area contributed by atoms with Gasteiger partial charge in [-0.1, -0.05) is 30.3 Å². The fraction of sp³-hybridized carbons (Fsp3) is 0.208. The van der Waals surface area contributed by atoms with Gasteiger partial charge in [-0.3, -0.25) is 14.4 Å². The largest absolute Gasteiger partial charge is 0.467 e. The summed E-state index contributed by atoms with van der Waals surface area (Å²) in [4.78, 5) is 36.8. The van der Waals surface area contributed by atoms with Crippen molar-refractivity contribution < 1.29 is 23.5 Å². The standard InChI is InChI=1S/C24H24N2O5/c1-16-9-10-18(12-17(16)2)13-23(28)31-15-22(27)26-21-8-4-3-7-20(21)24(29)25-14-19-6-5-11-30-19/h3-12H,13-15H2,1-2H3,(H,25,29)(H,26,27). The number of amides is 2. The number of anilines is 1. The minimum Gasteiger partial charge on any atom is -0.467 e. The molecule has 31 heavy (non-hydrogen) atoms. The van der Waals surface area contributed by atoms with Gasteiger partial charge in [0.2, 0.25) is 0 Å². The van der Waals surface area contributed by atoms with Crippen LogP contribution in [0.25, 0.3) is 0 Å². The van der Waals surface area contributed by atoms with Crippen LogP contribution in [0.1, 0.15) is 32.8 Å². The number of hydrogen-bond donors (Lipinski definition) is 2. The number of esters is 1. The molecule has 3 aromatic rings. The van der Waals surface area contributed by atoms with Crippen LogP contribution >= 0.6 is 0 Å². The van der Waals surface area contributed by atoms with Gasteiger partial charge in [-0.15, -0.1) is 0 Å². The molecule has 1 aromatic heterocycles. The van der Waals surface area contributed by atoms with Crippen LogP contribution < -0.4 is 10.6 Å². The van der Waals surface area contributed by atoms with Gasteiger partial charge in [0.15, 0.2) is 6.61 Å². The molecule has 160 valence electrons. The zero-order valence-electron chi connectivity index (χ0n) is 17.4. The Bertz CT molecular complexity index is 1070. The van der Waals surface area contributed by atoms with Gasteiger partial charge in [-0.05, 0) is 54.8 Å². The van der Waals surface area contributed by atoms with Crippen molar-refractivity contribution in [3.05, 3.63) is 88.9 Å². The molecule has 0 aliphatic rings. The molecule has 2 amide bonds. The summed E-state index contributed by atoms with van der Waals surface area (Å²) in [6.07, 6.45) is 1.61. The summed E-state index contributed by atoms with van der Waals surface area (Å²) < 4.78 is 10.3. The van der Waals surface area contributed by atoms with Gasteiger partial charge in [0.1, 0.15) is 5.76 Å². The molecule has 1 heterocycles. The summed E-state index contributed by atoms with van der Waals surface area (Å²) in [5.41, 5.74) is 3.68. The lowest BCUT2D eigenvalue weighted by atomic mass is 10.0. The second-order valence-corrected chi connectivity index (χ2v) is 7.11. The maximum absolute atomic E-state index is 12.5. The molecule has 3 rings (SSSR count). The van der Waals surface area contributed by atoms with Gasteiger partial charge >= 0.3 is 5.97 Å². The Hall–Kier alpha value is -3.87. The van der Waals surface area contributed by atoms with E-state index >= 15 is 0 Å². The van der Waals surface area contributed by atoms with Crippen molar-refractivity contribution in [2.45, 2.75) is 26.8 Å². The third-order valence-electron chi connectivity index (χ3n) is 4.73.